The molecule has 0 radical (unpaired) electrons. The van der Waals surface area contributed by atoms with Gasteiger partial charge in [-0.05, 0) is 36.4 Å². The third-order valence-corrected chi connectivity index (χ3v) is 3.67. The van der Waals surface area contributed by atoms with Crippen LogP contribution in [0.4, 0.5) is 10.8 Å². The summed E-state index contributed by atoms with van der Waals surface area (Å²) in [4.78, 5) is 15.5. The number of fused-ring (bicyclic) bond motifs is 1. The Hall–Kier alpha value is -2.40. The molecule has 0 unspecified atom stereocenters. The average Bonchev–Trinajstić information content (AvgIpc) is 2.81. The van der Waals surface area contributed by atoms with Gasteiger partial charge in [0, 0.05) is 11.3 Å². The summed E-state index contributed by atoms with van der Waals surface area (Å²) in [6, 6.07) is 15.0. The molecule has 5 heteroatoms. The predicted octanol–water partition coefficient (Wildman–Crippen LogP) is 3.14. The highest BCUT2D eigenvalue weighted by Gasteiger charge is 2.04. The zero-order valence-corrected chi connectivity index (χ0v) is 10.8. The van der Waals surface area contributed by atoms with E-state index in [2.05, 4.69) is 10.3 Å². The molecule has 19 heavy (non-hydrogen) atoms. The van der Waals surface area contributed by atoms with Gasteiger partial charge in [-0.2, -0.15) is 0 Å². The maximum Gasteiger partial charge on any atom is 0.248 e. The number of thiazole rings is 1. The van der Waals surface area contributed by atoms with Gasteiger partial charge in [0.15, 0.2) is 5.13 Å². The Morgan fingerprint density at radius 3 is 2.53 bits per heavy atom. The Kier molecular flexibility index (Phi) is 2.89. The van der Waals surface area contributed by atoms with Crippen molar-refractivity contribution in [2.75, 3.05) is 5.32 Å². The quantitative estimate of drug-likeness (QED) is 0.767. The van der Waals surface area contributed by atoms with Crippen LogP contribution in [0.2, 0.25) is 0 Å². The number of hydrogen-bond acceptors (Lipinski definition) is 4. The van der Waals surface area contributed by atoms with Crippen LogP contribution in [0.3, 0.4) is 0 Å². The molecule has 94 valence electrons. The first kappa shape index (κ1) is 11.7. The second-order valence-electron chi connectivity index (χ2n) is 4.05. The molecule has 1 heterocycles. The molecule has 1 amide bonds. The molecule has 0 aliphatic heterocycles. The van der Waals surface area contributed by atoms with E-state index in [1.165, 1.54) is 0 Å². The molecule has 0 aliphatic carbocycles. The molecule has 4 nitrogen and oxygen atoms in total. The number of anilines is 2. The van der Waals surface area contributed by atoms with Gasteiger partial charge in [0.2, 0.25) is 5.91 Å². The highest BCUT2D eigenvalue weighted by Crippen LogP contribution is 2.27. The van der Waals surface area contributed by atoms with Crippen molar-refractivity contribution in [1.29, 1.82) is 0 Å². The number of para-hydroxylation sites is 1. The summed E-state index contributed by atoms with van der Waals surface area (Å²) in [5, 5.41) is 4.04. The minimum Gasteiger partial charge on any atom is -0.366 e. The molecule has 3 N–H and O–H groups in total. The van der Waals surface area contributed by atoms with E-state index in [1.54, 1.807) is 23.5 Å². The van der Waals surface area contributed by atoms with Crippen LogP contribution in [-0.4, -0.2) is 10.9 Å². The molecule has 2 aromatic carbocycles. The van der Waals surface area contributed by atoms with Crippen LogP contribution >= 0.6 is 11.3 Å². The minimum absolute atomic E-state index is 0.425. The lowest BCUT2D eigenvalue weighted by molar-refractivity contribution is 0.100. The van der Waals surface area contributed by atoms with E-state index in [0.717, 1.165) is 21.0 Å². The number of hydrogen-bond donors (Lipinski definition) is 2. The van der Waals surface area contributed by atoms with Crippen LogP contribution in [0, 0.1) is 0 Å². The number of nitrogens with one attached hydrogen (secondary N) is 1. The zero-order valence-electron chi connectivity index (χ0n) is 9.96. The zero-order chi connectivity index (χ0) is 13.2. The number of aromatic nitrogens is 1. The average molecular weight is 269 g/mol. The van der Waals surface area contributed by atoms with Crippen molar-refractivity contribution in [2.24, 2.45) is 5.73 Å². The van der Waals surface area contributed by atoms with Crippen molar-refractivity contribution in [2.45, 2.75) is 0 Å². The molecule has 0 aliphatic rings. The van der Waals surface area contributed by atoms with Crippen molar-refractivity contribution in [3.63, 3.8) is 0 Å². The summed E-state index contributed by atoms with van der Waals surface area (Å²) in [5.41, 5.74) is 7.55. The monoisotopic (exact) mass is 269 g/mol. The van der Waals surface area contributed by atoms with Crippen LogP contribution < -0.4 is 11.1 Å². The molecular weight excluding hydrogens is 258 g/mol. The van der Waals surface area contributed by atoms with Gasteiger partial charge in [0.25, 0.3) is 0 Å². The number of carbonyl (C=O) groups excluding carboxylic acids is 1. The Bertz CT molecular complexity index is 701. The van der Waals surface area contributed by atoms with Crippen molar-refractivity contribution in [3.05, 3.63) is 54.1 Å². The fraction of sp³-hybridized carbons (Fsp3) is 0. The smallest absolute Gasteiger partial charge is 0.248 e. The highest BCUT2D eigenvalue weighted by atomic mass is 32.1. The summed E-state index contributed by atoms with van der Waals surface area (Å²) >= 11 is 1.59. The van der Waals surface area contributed by atoms with Gasteiger partial charge in [0.1, 0.15) is 0 Å². The molecule has 0 atom stereocenters. The molecule has 3 rings (SSSR count). The standard InChI is InChI=1S/C14H11N3OS/c15-13(18)9-5-7-10(8-6-9)16-14-17-11-3-1-2-4-12(11)19-14/h1-8H,(H2,15,18)(H,16,17). The largest absolute Gasteiger partial charge is 0.366 e. The van der Waals surface area contributed by atoms with Gasteiger partial charge in [-0.25, -0.2) is 4.98 Å². The summed E-state index contributed by atoms with van der Waals surface area (Å²) in [5.74, 6) is -0.425. The van der Waals surface area contributed by atoms with Crippen molar-refractivity contribution in [3.8, 4) is 0 Å². The number of benzene rings is 2. The SMILES string of the molecule is NC(=O)c1ccc(Nc2nc3ccccc3s2)cc1. The highest BCUT2D eigenvalue weighted by molar-refractivity contribution is 7.22. The second kappa shape index (κ2) is 4.70. The molecule has 0 spiro atoms. The summed E-state index contributed by atoms with van der Waals surface area (Å²) in [7, 11) is 0. The van der Waals surface area contributed by atoms with Gasteiger partial charge in [-0.1, -0.05) is 23.5 Å². The van der Waals surface area contributed by atoms with Gasteiger partial charge in [-0.15, -0.1) is 0 Å². The molecule has 0 bridgehead atoms. The number of primary amides is 1. The predicted molar refractivity (Wildman–Crippen MR) is 77.9 cm³/mol. The molecule has 3 aromatic rings. The van der Waals surface area contributed by atoms with Crippen LogP contribution in [0.5, 0.6) is 0 Å². The van der Waals surface area contributed by atoms with E-state index >= 15 is 0 Å². The second-order valence-corrected chi connectivity index (χ2v) is 5.08. The van der Waals surface area contributed by atoms with Crippen LogP contribution in [0.15, 0.2) is 48.5 Å². The van der Waals surface area contributed by atoms with E-state index in [1.807, 2.05) is 36.4 Å². The maximum atomic E-state index is 11.0. The number of nitrogens with two attached hydrogens (primary N) is 1. The van der Waals surface area contributed by atoms with E-state index in [0.29, 0.717) is 5.56 Å². The topological polar surface area (TPSA) is 68.0 Å². The number of carbonyl (C=O) groups is 1. The number of amides is 1. The molecule has 0 saturated carbocycles. The van der Waals surface area contributed by atoms with Crippen molar-refractivity contribution in [1.82, 2.24) is 4.98 Å². The third-order valence-electron chi connectivity index (χ3n) is 2.71. The maximum absolute atomic E-state index is 11.0. The van der Waals surface area contributed by atoms with Crippen molar-refractivity contribution < 1.29 is 4.79 Å². The Labute approximate surface area is 113 Å². The van der Waals surface area contributed by atoms with Gasteiger partial charge in [0.05, 0.1) is 10.2 Å². The Morgan fingerprint density at radius 2 is 1.84 bits per heavy atom. The minimum atomic E-state index is -0.425. The summed E-state index contributed by atoms with van der Waals surface area (Å²) in [6.07, 6.45) is 0. The Morgan fingerprint density at radius 1 is 1.11 bits per heavy atom. The number of rotatable bonds is 3. The van der Waals surface area contributed by atoms with Gasteiger partial charge >= 0.3 is 0 Å². The van der Waals surface area contributed by atoms with Gasteiger partial charge in [-0.3, -0.25) is 4.79 Å². The van der Waals surface area contributed by atoms with E-state index < -0.39 is 5.91 Å². The van der Waals surface area contributed by atoms with Crippen LogP contribution in [0.25, 0.3) is 10.2 Å². The van der Waals surface area contributed by atoms with Crippen molar-refractivity contribution >= 4 is 38.3 Å². The van der Waals surface area contributed by atoms with Gasteiger partial charge < -0.3 is 11.1 Å². The van der Waals surface area contributed by atoms with E-state index in [9.17, 15) is 4.79 Å². The fourth-order valence-corrected chi connectivity index (χ4v) is 2.65. The van der Waals surface area contributed by atoms with E-state index in [4.69, 9.17) is 5.73 Å². The third kappa shape index (κ3) is 2.41. The normalized spacial score (nSPS) is 10.5. The van der Waals surface area contributed by atoms with E-state index in [-0.39, 0.29) is 0 Å². The summed E-state index contributed by atoms with van der Waals surface area (Å²) < 4.78 is 1.14. The molecule has 1 aromatic heterocycles. The first-order valence-electron chi connectivity index (χ1n) is 5.75. The molecular formula is C14H11N3OS. The molecule has 0 fully saturated rings. The number of nitrogens with zero attached hydrogens (tertiary/aromatic N) is 1. The lowest BCUT2D eigenvalue weighted by Gasteiger charge is -2.02. The fourth-order valence-electron chi connectivity index (χ4n) is 1.77. The Balaban J connectivity index is 1.86. The first-order chi connectivity index (χ1) is 9.22. The summed E-state index contributed by atoms with van der Waals surface area (Å²) in [6.45, 7) is 0. The lowest BCUT2D eigenvalue weighted by Crippen LogP contribution is -2.10. The first-order valence-corrected chi connectivity index (χ1v) is 6.56. The van der Waals surface area contributed by atoms with Crippen LogP contribution in [-0.2, 0) is 0 Å². The molecule has 0 saturated heterocycles. The van der Waals surface area contributed by atoms with Crippen LogP contribution in [0.1, 0.15) is 10.4 Å². The lowest BCUT2D eigenvalue weighted by atomic mass is 10.2.